The van der Waals surface area contributed by atoms with Crippen molar-refractivity contribution in [2.45, 2.75) is 25.3 Å². The van der Waals surface area contributed by atoms with Crippen LogP contribution >= 0.6 is 0 Å². The molecule has 6 heteroatoms. The number of likely N-dealkylation sites (tertiary alicyclic amines) is 1. The van der Waals surface area contributed by atoms with Gasteiger partial charge < -0.3 is 10.6 Å². The lowest BCUT2D eigenvalue weighted by Crippen LogP contribution is -2.50. The zero-order chi connectivity index (χ0) is 12.4. The molecule has 0 spiro atoms. The van der Waals surface area contributed by atoms with Crippen molar-refractivity contribution in [3.05, 3.63) is 18.0 Å². The second kappa shape index (κ2) is 4.57. The number of carbonyl (C=O) groups is 2. The van der Waals surface area contributed by atoms with E-state index in [0.717, 1.165) is 12.8 Å². The van der Waals surface area contributed by atoms with Crippen LogP contribution in [0.15, 0.2) is 12.3 Å². The molecule has 0 unspecified atom stereocenters. The Morgan fingerprint density at radius 2 is 2.24 bits per heavy atom. The van der Waals surface area contributed by atoms with E-state index in [4.69, 9.17) is 5.73 Å². The Labute approximate surface area is 99.4 Å². The van der Waals surface area contributed by atoms with Crippen molar-refractivity contribution in [3.63, 3.8) is 0 Å². The Kier molecular flexibility index (Phi) is 3.12. The van der Waals surface area contributed by atoms with E-state index in [1.807, 2.05) is 0 Å². The van der Waals surface area contributed by atoms with Crippen LogP contribution in [0.4, 0.5) is 0 Å². The molecule has 0 radical (unpaired) electrons. The number of hydrogen-bond donors (Lipinski definition) is 1. The van der Waals surface area contributed by atoms with Crippen molar-refractivity contribution >= 4 is 11.8 Å². The molecule has 0 bridgehead atoms. The van der Waals surface area contributed by atoms with E-state index in [2.05, 4.69) is 5.10 Å². The molecule has 2 heterocycles. The summed E-state index contributed by atoms with van der Waals surface area (Å²) in [5.41, 5.74) is 5.68. The van der Waals surface area contributed by atoms with Gasteiger partial charge in [-0.3, -0.25) is 14.3 Å². The molecule has 17 heavy (non-hydrogen) atoms. The molecule has 1 aromatic rings. The molecule has 0 saturated carbocycles. The Bertz CT molecular complexity index is 440. The van der Waals surface area contributed by atoms with Gasteiger partial charge in [0.2, 0.25) is 5.91 Å². The molecule has 1 atom stereocenters. The third-order valence-corrected chi connectivity index (χ3v) is 3.02. The van der Waals surface area contributed by atoms with Gasteiger partial charge in [0.05, 0.1) is 0 Å². The lowest BCUT2D eigenvalue weighted by Gasteiger charge is -2.33. The number of piperidine rings is 1. The molecule has 2 amide bonds. The SMILES string of the molecule is Cn1ccc(C(=O)N2CCCC[C@@H]2C(N)=O)n1. The van der Waals surface area contributed by atoms with E-state index in [9.17, 15) is 9.59 Å². The van der Waals surface area contributed by atoms with Crippen LogP contribution in [0.25, 0.3) is 0 Å². The minimum absolute atomic E-state index is 0.214. The summed E-state index contributed by atoms with van der Waals surface area (Å²) in [4.78, 5) is 25.0. The highest BCUT2D eigenvalue weighted by atomic mass is 16.2. The third kappa shape index (κ3) is 2.30. The van der Waals surface area contributed by atoms with Crippen LogP contribution in [-0.2, 0) is 11.8 Å². The van der Waals surface area contributed by atoms with Gasteiger partial charge >= 0.3 is 0 Å². The minimum Gasteiger partial charge on any atom is -0.368 e. The molecule has 2 N–H and O–H groups in total. The highest BCUT2D eigenvalue weighted by Crippen LogP contribution is 2.18. The van der Waals surface area contributed by atoms with Gasteiger partial charge in [-0.25, -0.2) is 0 Å². The largest absolute Gasteiger partial charge is 0.368 e. The van der Waals surface area contributed by atoms with Gasteiger partial charge in [-0.05, 0) is 25.3 Å². The number of amides is 2. The average Bonchev–Trinajstić information content (AvgIpc) is 2.75. The third-order valence-electron chi connectivity index (χ3n) is 3.02. The molecule has 1 aliphatic heterocycles. The molecule has 0 aliphatic carbocycles. The first-order chi connectivity index (χ1) is 8.09. The first-order valence-corrected chi connectivity index (χ1v) is 5.69. The number of rotatable bonds is 2. The summed E-state index contributed by atoms with van der Waals surface area (Å²) in [7, 11) is 1.75. The van der Waals surface area contributed by atoms with Crippen molar-refractivity contribution in [2.24, 2.45) is 12.8 Å². The predicted molar refractivity (Wildman–Crippen MR) is 61.1 cm³/mol. The number of aryl methyl sites for hydroxylation is 1. The fourth-order valence-electron chi connectivity index (χ4n) is 2.15. The van der Waals surface area contributed by atoms with Crippen molar-refractivity contribution < 1.29 is 9.59 Å². The van der Waals surface area contributed by atoms with Crippen molar-refractivity contribution in [1.29, 1.82) is 0 Å². The number of hydrogen-bond acceptors (Lipinski definition) is 3. The summed E-state index contributed by atoms with van der Waals surface area (Å²) in [6.07, 6.45) is 4.19. The van der Waals surface area contributed by atoms with Crippen molar-refractivity contribution in [3.8, 4) is 0 Å². The first-order valence-electron chi connectivity index (χ1n) is 5.69. The maximum absolute atomic E-state index is 12.2. The number of primary amides is 1. The highest BCUT2D eigenvalue weighted by molar-refractivity contribution is 5.95. The van der Waals surface area contributed by atoms with Crippen LogP contribution in [0.1, 0.15) is 29.8 Å². The van der Waals surface area contributed by atoms with Crippen LogP contribution < -0.4 is 5.73 Å². The van der Waals surface area contributed by atoms with Crippen LogP contribution in [0.5, 0.6) is 0 Å². The van der Waals surface area contributed by atoms with Gasteiger partial charge in [-0.15, -0.1) is 0 Å². The van der Waals surface area contributed by atoms with Gasteiger partial charge in [0.25, 0.3) is 5.91 Å². The van der Waals surface area contributed by atoms with E-state index in [1.165, 1.54) is 4.90 Å². The van der Waals surface area contributed by atoms with Gasteiger partial charge in [-0.2, -0.15) is 5.10 Å². The molecule has 1 saturated heterocycles. The molecule has 1 fully saturated rings. The zero-order valence-corrected chi connectivity index (χ0v) is 9.80. The average molecular weight is 236 g/mol. The molecule has 92 valence electrons. The second-order valence-corrected chi connectivity index (χ2v) is 4.29. The van der Waals surface area contributed by atoms with E-state index in [1.54, 1.807) is 24.0 Å². The first kappa shape index (κ1) is 11.6. The summed E-state index contributed by atoms with van der Waals surface area (Å²) >= 11 is 0. The monoisotopic (exact) mass is 236 g/mol. The fraction of sp³-hybridized carbons (Fsp3) is 0.545. The Hall–Kier alpha value is -1.85. The fourth-order valence-corrected chi connectivity index (χ4v) is 2.15. The number of aromatic nitrogens is 2. The Balaban J connectivity index is 2.19. The van der Waals surface area contributed by atoms with E-state index < -0.39 is 11.9 Å². The van der Waals surface area contributed by atoms with E-state index in [0.29, 0.717) is 18.7 Å². The number of nitrogens with zero attached hydrogens (tertiary/aromatic N) is 3. The summed E-state index contributed by atoms with van der Waals surface area (Å²) in [5, 5.41) is 4.05. The predicted octanol–water partition coefficient (Wildman–Crippen LogP) is -0.0999. The summed E-state index contributed by atoms with van der Waals surface area (Å²) in [6, 6.07) is 1.16. The standard InChI is InChI=1S/C11H16N4O2/c1-14-7-5-8(13-14)11(17)15-6-3-2-4-9(15)10(12)16/h5,7,9H,2-4,6H2,1H3,(H2,12,16)/t9-/m1/s1. The van der Waals surface area contributed by atoms with Gasteiger partial charge in [0.1, 0.15) is 11.7 Å². The minimum atomic E-state index is -0.488. The van der Waals surface area contributed by atoms with Gasteiger partial charge in [-0.1, -0.05) is 0 Å². The van der Waals surface area contributed by atoms with Crippen LogP contribution in [0, 0.1) is 0 Å². The molecule has 1 aliphatic rings. The topological polar surface area (TPSA) is 81.2 Å². The summed E-state index contributed by atoms with van der Waals surface area (Å²) in [5.74, 6) is -0.650. The van der Waals surface area contributed by atoms with Crippen molar-refractivity contribution in [2.75, 3.05) is 6.54 Å². The van der Waals surface area contributed by atoms with Crippen LogP contribution in [0.2, 0.25) is 0 Å². The zero-order valence-electron chi connectivity index (χ0n) is 9.80. The normalized spacial score (nSPS) is 20.3. The van der Waals surface area contributed by atoms with Crippen LogP contribution in [-0.4, -0.2) is 39.1 Å². The van der Waals surface area contributed by atoms with Crippen LogP contribution in [0.3, 0.4) is 0 Å². The highest BCUT2D eigenvalue weighted by Gasteiger charge is 2.31. The summed E-state index contributed by atoms with van der Waals surface area (Å²) < 4.78 is 1.57. The molecular weight excluding hydrogens is 220 g/mol. The summed E-state index contributed by atoms with van der Waals surface area (Å²) in [6.45, 7) is 0.572. The molecular formula is C11H16N4O2. The molecule has 6 nitrogen and oxygen atoms in total. The van der Waals surface area contributed by atoms with E-state index >= 15 is 0 Å². The Morgan fingerprint density at radius 1 is 1.47 bits per heavy atom. The molecule has 2 rings (SSSR count). The smallest absolute Gasteiger partial charge is 0.275 e. The van der Waals surface area contributed by atoms with E-state index in [-0.39, 0.29) is 5.91 Å². The maximum Gasteiger partial charge on any atom is 0.275 e. The van der Waals surface area contributed by atoms with Crippen molar-refractivity contribution in [1.82, 2.24) is 14.7 Å². The lowest BCUT2D eigenvalue weighted by atomic mass is 10.0. The number of carbonyl (C=O) groups excluding carboxylic acids is 2. The quantitative estimate of drug-likeness (QED) is 0.778. The van der Waals surface area contributed by atoms with Gasteiger partial charge in [0, 0.05) is 19.8 Å². The molecule has 0 aromatic carbocycles. The van der Waals surface area contributed by atoms with Gasteiger partial charge in [0.15, 0.2) is 0 Å². The maximum atomic E-state index is 12.2. The second-order valence-electron chi connectivity index (χ2n) is 4.29. The number of nitrogens with two attached hydrogens (primary N) is 1. The Morgan fingerprint density at radius 3 is 2.82 bits per heavy atom. The lowest BCUT2D eigenvalue weighted by molar-refractivity contribution is -0.123. The molecule has 1 aromatic heterocycles.